The molecule has 0 aliphatic carbocycles. The van der Waals surface area contributed by atoms with E-state index in [9.17, 15) is 22.4 Å². The number of hydrogen-bond acceptors (Lipinski definition) is 1. The fraction of sp³-hybridized carbons (Fsp3) is 0.500. The van der Waals surface area contributed by atoms with Gasteiger partial charge in [-0.2, -0.15) is 13.2 Å². The molecule has 6 heteroatoms. The second-order valence-corrected chi connectivity index (χ2v) is 4.50. The van der Waals surface area contributed by atoms with E-state index in [1.165, 1.54) is 18.2 Å². The zero-order chi connectivity index (χ0) is 15.3. The molecule has 1 amide bonds. The SMILES string of the molecule is CCC(CC)N(CC(F)(F)F)C(=O)c1ccccc1F. The predicted octanol–water partition coefficient (Wildman–Crippen LogP) is 4.02. The Morgan fingerprint density at radius 3 is 2.20 bits per heavy atom. The molecule has 0 unspecified atom stereocenters. The van der Waals surface area contributed by atoms with Crippen molar-refractivity contribution in [2.24, 2.45) is 0 Å². The van der Waals surface area contributed by atoms with Crippen molar-refractivity contribution in [2.75, 3.05) is 6.54 Å². The Bertz CT molecular complexity index is 455. The zero-order valence-electron chi connectivity index (χ0n) is 11.4. The third kappa shape index (κ3) is 4.21. The highest BCUT2D eigenvalue weighted by Crippen LogP contribution is 2.23. The van der Waals surface area contributed by atoms with Crippen molar-refractivity contribution < 1.29 is 22.4 Å². The van der Waals surface area contributed by atoms with Crippen LogP contribution >= 0.6 is 0 Å². The highest BCUT2D eigenvalue weighted by atomic mass is 19.4. The van der Waals surface area contributed by atoms with Gasteiger partial charge in [0, 0.05) is 6.04 Å². The van der Waals surface area contributed by atoms with Gasteiger partial charge in [-0.25, -0.2) is 4.39 Å². The Hall–Kier alpha value is -1.59. The molecule has 0 fully saturated rings. The number of alkyl halides is 3. The van der Waals surface area contributed by atoms with Crippen molar-refractivity contribution in [3.05, 3.63) is 35.6 Å². The summed E-state index contributed by atoms with van der Waals surface area (Å²) < 4.78 is 51.5. The summed E-state index contributed by atoms with van der Waals surface area (Å²) in [6.07, 6.45) is -3.75. The molecule has 0 radical (unpaired) electrons. The number of hydrogen-bond donors (Lipinski definition) is 0. The number of carbonyl (C=O) groups excluding carboxylic acids is 1. The van der Waals surface area contributed by atoms with Gasteiger partial charge in [0.05, 0.1) is 5.56 Å². The number of halogens is 4. The summed E-state index contributed by atoms with van der Waals surface area (Å²) in [5.74, 6) is -1.73. The predicted molar refractivity (Wildman–Crippen MR) is 67.9 cm³/mol. The van der Waals surface area contributed by atoms with Gasteiger partial charge >= 0.3 is 6.18 Å². The van der Waals surface area contributed by atoms with Crippen molar-refractivity contribution in [3.63, 3.8) is 0 Å². The minimum atomic E-state index is -4.51. The topological polar surface area (TPSA) is 20.3 Å². The van der Waals surface area contributed by atoms with Crippen LogP contribution in [0.2, 0.25) is 0 Å². The van der Waals surface area contributed by atoms with Gasteiger partial charge < -0.3 is 4.90 Å². The summed E-state index contributed by atoms with van der Waals surface area (Å²) in [6, 6.07) is 4.51. The largest absolute Gasteiger partial charge is 0.406 e. The third-order valence-corrected chi connectivity index (χ3v) is 3.10. The first-order chi connectivity index (χ1) is 9.30. The lowest BCUT2D eigenvalue weighted by Gasteiger charge is -2.31. The van der Waals surface area contributed by atoms with Gasteiger partial charge in [-0.1, -0.05) is 26.0 Å². The van der Waals surface area contributed by atoms with E-state index in [1.54, 1.807) is 13.8 Å². The number of benzene rings is 1. The molecular formula is C14H17F4NO. The average Bonchev–Trinajstić information content (AvgIpc) is 2.37. The third-order valence-electron chi connectivity index (χ3n) is 3.10. The number of nitrogens with zero attached hydrogens (tertiary/aromatic N) is 1. The summed E-state index contributed by atoms with van der Waals surface area (Å²) in [5, 5.41) is 0. The van der Waals surface area contributed by atoms with Gasteiger partial charge in [-0.3, -0.25) is 4.79 Å². The molecule has 0 aliphatic rings. The highest BCUT2D eigenvalue weighted by Gasteiger charge is 2.36. The number of rotatable bonds is 5. The number of carbonyl (C=O) groups is 1. The quantitative estimate of drug-likeness (QED) is 0.750. The van der Waals surface area contributed by atoms with Crippen LogP contribution in [0.1, 0.15) is 37.0 Å². The van der Waals surface area contributed by atoms with Gasteiger partial charge in [0.2, 0.25) is 0 Å². The highest BCUT2D eigenvalue weighted by molar-refractivity contribution is 5.94. The Morgan fingerprint density at radius 2 is 1.75 bits per heavy atom. The van der Waals surface area contributed by atoms with Crippen molar-refractivity contribution in [1.29, 1.82) is 0 Å². The maximum absolute atomic E-state index is 13.6. The fourth-order valence-electron chi connectivity index (χ4n) is 2.08. The molecule has 0 saturated carbocycles. The summed E-state index contributed by atoms with van der Waals surface area (Å²) in [5.41, 5.74) is -0.330. The minimum Gasteiger partial charge on any atom is -0.326 e. The van der Waals surface area contributed by atoms with Crippen molar-refractivity contribution in [3.8, 4) is 0 Å². The summed E-state index contributed by atoms with van der Waals surface area (Å²) >= 11 is 0. The van der Waals surface area contributed by atoms with E-state index in [4.69, 9.17) is 0 Å². The molecule has 0 saturated heterocycles. The summed E-state index contributed by atoms with van der Waals surface area (Å²) in [6.45, 7) is 2.03. The van der Waals surface area contributed by atoms with E-state index < -0.39 is 30.5 Å². The van der Waals surface area contributed by atoms with Crippen LogP contribution in [-0.2, 0) is 0 Å². The maximum atomic E-state index is 13.6. The van der Waals surface area contributed by atoms with E-state index in [0.717, 1.165) is 6.07 Å². The van der Waals surface area contributed by atoms with Crippen LogP contribution in [0.3, 0.4) is 0 Å². The van der Waals surface area contributed by atoms with Crippen LogP contribution in [0.15, 0.2) is 24.3 Å². The minimum absolute atomic E-state index is 0.330. The lowest BCUT2D eigenvalue weighted by atomic mass is 10.1. The van der Waals surface area contributed by atoms with E-state index >= 15 is 0 Å². The second kappa shape index (κ2) is 6.72. The lowest BCUT2D eigenvalue weighted by Crippen LogP contribution is -2.45. The molecule has 1 rings (SSSR count). The van der Waals surface area contributed by atoms with Crippen molar-refractivity contribution in [1.82, 2.24) is 4.90 Å². The lowest BCUT2D eigenvalue weighted by molar-refractivity contribution is -0.145. The molecule has 1 aromatic carbocycles. The molecule has 2 nitrogen and oxygen atoms in total. The van der Waals surface area contributed by atoms with Gasteiger partial charge in [0.1, 0.15) is 12.4 Å². The molecule has 0 heterocycles. The average molecular weight is 291 g/mol. The van der Waals surface area contributed by atoms with E-state index in [0.29, 0.717) is 17.7 Å². The first kappa shape index (κ1) is 16.5. The van der Waals surface area contributed by atoms with Crippen molar-refractivity contribution in [2.45, 2.75) is 38.9 Å². The molecule has 0 bridgehead atoms. The first-order valence-electron chi connectivity index (χ1n) is 6.42. The van der Waals surface area contributed by atoms with Crippen LogP contribution in [0.5, 0.6) is 0 Å². The molecule has 1 aromatic rings. The molecule has 112 valence electrons. The van der Waals surface area contributed by atoms with Crippen LogP contribution < -0.4 is 0 Å². The van der Waals surface area contributed by atoms with Gasteiger partial charge in [-0.05, 0) is 25.0 Å². The Balaban J connectivity index is 3.10. The molecule has 0 spiro atoms. The standard InChI is InChI=1S/C14H17F4NO/c1-3-10(4-2)19(9-14(16,17)18)13(20)11-7-5-6-8-12(11)15/h5-8,10H,3-4,9H2,1-2H3. The van der Waals surface area contributed by atoms with Gasteiger partial charge in [0.15, 0.2) is 0 Å². The zero-order valence-corrected chi connectivity index (χ0v) is 11.4. The molecular weight excluding hydrogens is 274 g/mol. The smallest absolute Gasteiger partial charge is 0.326 e. The Labute approximate surface area is 115 Å². The normalized spacial score (nSPS) is 11.8. The van der Waals surface area contributed by atoms with Crippen LogP contribution in [0, 0.1) is 5.82 Å². The van der Waals surface area contributed by atoms with Gasteiger partial charge in [0.25, 0.3) is 5.91 Å². The molecule has 20 heavy (non-hydrogen) atoms. The Morgan fingerprint density at radius 1 is 1.20 bits per heavy atom. The van der Waals surface area contributed by atoms with Crippen LogP contribution in [0.25, 0.3) is 0 Å². The number of amides is 1. The molecule has 0 N–H and O–H groups in total. The molecule has 0 aromatic heterocycles. The first-order valence-corrected chi connectivity index (χ1v) is 6.42. The van der Waals surface area contributed by atoms with E-state index in [1.807, 2.05) is 0 Å². The monoisotopic (exact) mass is 291 g/mol. The van der Waals surface area contributed by atoms with Crippen LogP contribution in [-0.4, -0.2) is 29.6 Å². The maximum Gasteiger partial charge on any atom is 0.406 e. The van der Waals surface area contributed by atoms with Gasteiger partial charge in [-0.15, -0.1) is 0 Å². The van der Waals surface area contributed by atoms with Crippen LogP contribution in [0.4, 0.5) is 17.6 Å². The van der Waals surface area contributed by atoms with E-state index in [2.05, 4.69) is 0 Å². The summed E-state index contributed by atoms with van der Waals surface area (Å²) in [7, 11) is 0. The molecule has 0 aliphatic heterocycles. The fourth-order valence-corrected chi connectivity index (χ4v) is 2.08. The Kier molecular flexibility index (Phi) is 5.53. The molecule has 0 atom stereocenters. The van der Waals surface area contributed by atoms with E-state index in [-0.39, 0.29) is 5.56 Å². The second-order valence-electron chi connectivity index (χ2n) is 4.50. The summed E-state index contributed by atoms with van der Waals surface area (Å²) in [4.78, 5) is 12.9. The van der Waals surface area contributed by atoms with Crippen molar-refractivity contribution >= 4 is 5.91 Å².